The van der Waals surface area contributed by atoms with E-state index in [4.69, 9.17) is 9.47 Å². The number of hydrogen-bond donors (Lipinski definition) is 1. The summed E-state index contributed by atoms with van der Waals surface area (Å²) in [4.78, 5) is 12.1. The Hall–Kier alpha value is -2.27. The van der Waals surface area contributed by atoms with Crippen molar-refractivity contribution in [2.24, 2.45) is 0 Å². The van der Waals surface area contributed by atoms with Gasteiger partial charge >= 0.3 is 0 Å². The minimum Gasteiger partial charge on any atom is -0.493 e. The monoisotopic (exact) mass is 389 g/mol. The van der Waals surface area contributed by atoms with E-state index in [1.165, 1.54) is 6.08 Å². The summed E-state index contributed by atoms with van der Waals surface area (Å²) in [5.41, 5.74) is 1.89. The summed E-state index contributed by atoms with van der Waals surface area (Å²) in [6.07, 6.45) is 3.25. The maximum atomic E-state index is 12.1. The average Bonchev–Trinajstić information content (AvgIpc) is 2.59. The summed E-state index contributed by atoms with van der Waals surface area (Å²) in [5, 5.41) is 2.95. The van der Waals surface area contributed by atoms with Crippen LogP contribution in [0, 0.1) is 0 Å². The van der Waals surface area contributed by atoms with Crippen LogP contribution in [0.4, 0.5) is 0 Å². The number of benzene rings is 2. The van der Waals surface area contributed by atoms with Crippen molar-refractivity contribution in [1.82, 2.24) is 5.32 Å². The third-order valence-corrected chi connectivity index (χ3v) is 4.29. The lowest BCUT2D eigenvalue weighted by molar-refractivity contribution is -0.117. The third kappa shape index (κ3) is 4.61. The Morgan fingerprint density at radius 2 is 1.83 bits per heavy atom. The summed E-state index contributed by atoms with van der Waals surface area (Å²) in [6.45, 7) is 1.95. The van der Waals surface area contributed by atoms with E-state index in [9.17, 15) is 4.79 Å². The molecule has 1 atom stereocenters. The van der Waals surface area contributed by atoms with Gasteiger partial charge in [0.05, 0.1) is 20.3 Å². The van der Waals surface area contributed by atoms with Crippen molar-refractivity contribution in [1.29, 1.82) is 0 Å². The van der Waals surface area contributed by atoms with Crippen molar-refractivity contribution >= 4 is 27.9 Å². The van der Waals surface area contributed by atoms with Gasteiger partial charge in [-0.15, -0.1) is 0 Å². The lowest BCUT2D eigenvalue weighted by Gasteiger charge is -2.14. The molecule has 0 saturated carbocycles. The van der Waals surface area contributed by atoms with Gasteiger partial charge in [-0.2, -0.15) is 0 Å². The van der Waals surface area contributed by atoms with E-state index in [2.05, 4.69) is 21.2 Å². The van der Waals surface area contributed by atoms with Crippen molar-refractivity contribution in [3.8, 4) is 11.5 Å². The highest BCUT2D eigenvalue weighted by Gasteiger charge is 2.10. The summed E-state index contributed by atoms with van der Waals surface area (Å²) in [6, 6.07) is 13.2. The fraction of sp³-hybridized carbons (Fsp3) is 0.211. The third-order valence-electron chi connectivity index (χ3n) is 3.57. The van der Waals surface area contributed by atoms with E-state index in [1.807, 2.05) is 43.3 Å². The fourth-order valence-corrected chi connectivity index (χ4v) is 2.92. The highest BCUT2D eigenvalue weighted by atomic mass is 79.9. The minimum absolute atomic E-state index is 0.0943. The normalized spacial score (nSPS) is 12.0. The maximum Gasteiger partial charge on any atom is 0.244 e. The highest BCUT2D eigenvalue weighted by molar-refractivity contribution is 9.10. The molecule has 1 amide bonds. The van der Waals surface area contributed by atoms with E-state index in [0.717, 1.165) is 15.6 Å². The molecule has 126 valence electrons. The molecule has 0 heterocycles. The van der Waals surface area contributed by atoms with Crippen LogP contribution < -0.4 is 14.8 Å². The number of amides is 1. The number of rotatable bonds is 6. The second-order valence-corrected chi connectivity index (χ2v) is 6.05. The van der Waals surface area contributed by atoms with Gasteiger partial charge in [0, 0.05) is 10.5 Å². The Morgan fingerprint density at radius 1 is 1.12 bits per heavy atom. The van der Waals surface area contributed by atoms with Crippen LogP contribution in [-0.4, -0.2) is 20.1 Å². The minimum atomic E-state index is -0.159. The summed E-state index contributed by atoms with van der Waals surface area (Å²) >= 11 is 3.50. The number of carbonyl (C=O) groups excluding carboxylic acids is 1. The second kappa shape index (κ2) is 8.55. The van der Waals surface area contributed by atoms with Gasteiger partial charge in [0.1, 0.15) is 0 Å². The molecule has 0 radical (unpaired) electrons. The topological polar surface area (TPSA) is 47.6 Å². The lowest BCUT2D eigenvalue weighted by atomic mass is 10.1. The first kappa shape index (κ1) is 18.1. The molecule has 0 aliphatic heterocycles. The first-order valence-corrected chi connectivity index (χ1v) is 8.29. The van der Waals surface area contributed by atoms with E-state index in [-0.39, 0.29) is 11.9 Å². The summed E-state index contributed by atoms with van der Waals surface area (Å²) in [7, 11) is 3.17. The number of hydrogen-bond acceptors (Lipinski definition) is 3. The standard InChI is InChI=1S/C19H20BrNO3/c1-13(15-6-4-5-7-16(15)20)21-19(22)11-9-14-8-10-17(23-2)18(12-14)24-3/h4-13H,1-3H3,(H,21,22)/b11-9+. The van der Waals surface area contributed by atoms with E-state index < -0.39 is 0 Å². The van der Waals surface area contributed by atoms with Crippen LogP contribution in [0.5, 0.6) is 11.5 Å². The van der Waals surface area contributed by atoms with Gasteiger partial charge in [0.25, 0.3) is 0 Å². The van der Waals surface area contributed by atoms with Gasteiger partial charge in [-0.1, -0.05) is 40.2 Å². The quantitative estimate of drug-likeness (QED) is 0.746. The molecule has 0 spiro atoms. The molecule has 0 aliphatic carbocycles. The molecule has 5 heteroatoms. The zero-order chi connectivity index (χ0) is 17.5. The fourth-order valence-electron chi connectivity index (χ4n) is 2.29. The molecule has 0 aromatic heterocycles. The molecule has 2 aromatic carbocycles. The molecule has 2 aromatic rings. The first-order valence-electron chi connectivity index (χ1n) is 7.50. The van der Waals surface area contributed by atoms with Crippen molar-refractivity contribution in [2.45, 2.75) is 13.0 Å². The molecule has 1 unspecified atom stereocenters. The molecular weight excluding hydrogens is 370 g/mol. The Kier molecular flexibility index (Phi) is 6.44. The number of halogens is 1. The van der Waals surface area contributed by atoms with Crippen molar-refractivity contribution < 1.29 is 14.3 Å². The Balaban J connectivity index is 2.04. The molecule has 0 fully saturated rings. The number of carbonyl (C=O) groups is 1. The van der Waals surface area contributed by atoms with E-state index in [1.54, 1.807) is 26.4 Å². The summed E-state index contributed by atoms with van der Waals surface area (Å²) in [5.74, 6) is 1.12. The van der Waals surface area contributed by atoms with E-state index >= 15 is 0 Å². The zero-order valence-electron chi connectivity index (χ0n) is 13.9. The highest BCUT2D eigenvalue weighted by Crippen LogP contribution is 2.28. The van der Waals surface area contributed by atoms with Crippen LogP contribution in [-0.2, 0) is 4.79 Å². The molecule has 1 N–H and O–H groups in total. The van der Waals surface area contributed by atoms with Gasteiger partial charge in [-0.05, 0) is 42.3 Å². The summed E-state index contributed by atoms with van der Waals surface area (Å²) < 4.78 is 11.4. The zero-order valence-corrected chi connectivity index (χ0v) is 15.5. The van der Waals surface area contributed by atoms with E-state index in [0.29, 0.717) is 11.5 Å². The molecular formula is C19H20BrNO3. The number of ether oxygens (including phenoxy) is 2. The number of nitrogens with one attached hydrogen (secondary N) is 1. The maximum absolute atomic E-state index is 12.1. The molecule has 0 aliphatic rings. The Bertz CT molecular complexity index is 743. The van der Waals surface area contributed by atoms with Crippen LogP contribution >= 0.6 is 15.9 Å². The van der Waals surface area contributed by atoms with Crippen molar-refractivity contribution in [3.63, 3.8) is 0 Å². The number of methoxy groups -OCH3 is 2. The van der Waals surface area contributed by atoms with Gasteiger partial charge in [-0.3, -0.25) is 4.79 Å². The molecule has 2 rings (SSSR count). The van der Waals surface area contributed by atoms with Crippen molar-refractivity contribution in [2.75, 3.05) is 14.2 Å². The molecule has 24 heavy (non-hydrogen) atoms. The van der Waals surface area contributed by atoms with Crippen LogP contribution in [0.3, 0.4) is 0 Å². The molecule has 4 nitrogen and oxygen atoms in total. The SMILES string of the molecule is COc1ccc(/C=C/C(=O)NC(C)c2ccccc2Br)cc1OC. The van der Waals surface area contributed by atoms with Gasteiger partial charge < -0.3 is 14.8 Å². The van der Waals surface area contributed by atoms with Gasteiger partial charge in [-0.25, -0.2) is 0 Å². The smallest absolute Gasteiger partial charge is 0.244 e. The van der Waals surface area contributed by atoms with Crippen LogP contribution in [0.2, 0.25) is 0 Å². The lowest BCUT2D eigenvalue weighted by Crippen LogP contribution is -2.24. The Labute approximate surface area is 150 Å². The average molecular weight is 390 g/mol. The van der Waals surface area contributed by atoms with Crippen LogP contribution in [0.25, 0.3) is 6.08 Å². The molecule has 0 bridgehead atoms. The predicted octanol–water partition coefficient (Wildman–Crippen LogP) is 4.36. The van der Waals surface area contributed by atoms with Gasteiger partial charge in [0.2, 0.25) is 5.91 Å². The van der Waals surface area contributed by atoms with Crippen LogP contribution in [0.1, 0.15) is 24.1 Å². The second-order valence-electron chi connectivity index (χ2n) is 5.20. The predicted molar refractivity (Wildman–Crippen MR) is 99.3 cm³/mol. The largest absolute Gasteiger partial charge is 0.493 e. The van der Waals surface area contributed by atoms with Gasteiger partial charge in [0.15, 0.2) is 11.5 Å². The van der Waals surface area contributed by atoms with Crippen LogP contribution in [0.15, 0.2) is 53.0 Å². The first-order chi connectivity index (χ1) is 11.5. The molecule has 0 saturated heterocycles. The van der Waals surface area contributed by atoms with Crippen molar-refractivity contribution in [3.05, 3.63) is 64.1 Å². The Morgan fingerprint density at radius 3 is 2.50 bits per heavy atom.